The molecule has 0 bridgehead atoms. The third kappa shape index (κ3) is 3.83. The molecule has 2 aromatic heterocycles. The lowest BCUT2D eigenvalue weighted by Crippen LogP contribution is -2.12. The molecule has 0 aliphatic rings. The highest BCUT2D eigenvalue weighted by Crippen LogP contribution is 2.25. The van der Waals surface area contributed by atoms with Gasteiger partial charge in [-0.3, -0.25) is 4.79 Å². The SMILES string of the molecule is CCCn1cc(-c2nc(-c3ccc(OC(C)C)cc3)no2)c(=O)c2cc(F)ccc21. The fourth-order valence-electron chi connectivity index (χ4n) is 3.35. The maximum absolute atomic E-state index is 13.8. The summed E-state index contributed by atoms with van der Waals surface area (Å²) in [7, 11) is 0. The molecule has 2 heterocycles. The van der Waals surface area contributed by atoms with E-state index in [2.05, 4.69) is 10.1 Å². The number of rotatable bonds is 6. The number of hydrogen-bond donors (Lipinski definition) is 0. The van der Waals surface area contributed by atoms with Crippen LogP contribution >= 0.6 is 0 Å². The van der Waals surface area contributed by atoms with E-state index in [1.165, 1.54) is 12.1 Å². The minimum absolute atomic E-state index is 0.0793. The number of aryl methyl sites for hydroxylation is 1. The van der Waals surface area contributed by atoms with Crippen LogP contribution in [0.25, 0.3) is 33.7 Å². The van der Waals surface area contributed by atoms with Crippen molar-refractivity contribution in [2.75, 3.05) is 0 Å². The molecule has 0 saturated carbocycles. The molecule has 4 rings (SSSR count). The smallest absolute Gasteiger partial charge is 0.263 e. The molecule has 2 aromatic carbocycles. The Morgan fingerprint density at radius 3 is 2.63 bits per heavy atom. The minimum atomic E-state index is -0.463. The summed E-state index contributed by atoms with van der Waals surface area (Å²) in [5.41, 5.74) is 1.32. The Kier molecular flexibility index (Phi) is 5.35. The van der Waals surface area contributed by atoms with Gasteiger partial charge in [0.25, 0.3) is 5.89 Å². The first-order valence-electron chi connectivity index (χ1n) is 9.90. The molecule has 30 heavy (non-hydrogen) atoms. The van der Waals surface area contributed by atoms with E-state index in [1.807, 2.05) is 49.6 Å². The first-order chi connectivity index (χ1) is 14.5. The van der Waals surface area contributed by atoms with E-state index in [4.69, 9.17) is 9.26 Å². The molecule has 0 unspecified atom stereocenters. The summed E-state index contributed by atoms with van der Waals surface area (Å²) in [6, 6.07) is 11.5. The lowest BCUT2D eigenvalue weighted by molar-refractivity contribution is 0.242. The lowest BCUT2D eigenvalue weighted by Gasteiger charge is -2.11. The molecule has 154 valence electrons. The van der Waals surface area contributed by atoms with Gasteiger partial charge in [0, 0.05) is 23.7 Å². The molecular weight excluding hydrogens is 385 g/mol. The number of aromatic nitrogens is 3. The zero-order chi connectivity index (χ0) is 21.3. The van der Waals surface area contributed by atoms with Crippen LogP contribution < -0.4 is 10.2 Å². The monoisotopic (exact) mass is 407 g/mol. The van der Waals surface area contributed by atoms with Gasteiger partial charge in [-0.05, 0) is 62.7 Å². The normalized spacial score (nSPS) is 11.4. The van der Waals surface area contributed by atoms with Gasteiger partial charge in [0.05, 0.1) is 11.6 Å². The third-order valence-corrected chi connectivity index (χ3v) is 4.65. The van der Waals surface area contributed by atoms with Crippen molar-refractivity contribution in [2.45, 2.75) is 39.8 Å². The highest BCUT2D eigenvalue weighted by molar-refractivity contribution is 5.83. The van der Waals surface area contributed by atoms with Crippen LogP contribution in [0.3, 0.4) is 0 Å². The predicted molar refractivity (Wildman–Crippen MR) is 113 cm³/mol. The topological polar surface area (TPSA) is 70.2 Å². The average molecular weight is 407 g/mol. The quantitative estimate of drug-likeness (QED) is 0.447. The molecule has 0 amide bonds. The van der Waals surface area contributed by atoms with Crippen molar-refractivity contribution in [3.8, 4) is 28.6 Å². The zero-order valence-electron chi connectivity index (χ0n) is 17.1. The molecule has 0 aliphatic heterocycles. The average Bonchev–Trinajstić information content (AvgIpc) is 3.20. The lowest BCUT2D eigenvalue weighted by atomic mass is 10.1. The van der Waals surface area contributed by atoms with E-state index < -0.39 is 5.82 Å². The highest BCUT2D eigenvalue weighted by Gasteiger charge is 2.18. The fraction of sp³-hybridized carbons (Fsp3) is 0.261. The number of hydrogen-bond acceptors (Lipinski definition) is 5. The van der Waals surface area contributed by atoms with Crippen LogP contribution in [-0.2, 0) is 6.54 Å². The number of pyridine rings is 1. The van der Waals surface area contributed by atoms with Crippen LogP contribution in [0.1, 0.15) is 27.2 Å². The molecule has 0 aliphatic carbocycles. The number of nitrogens with zero attached hydrogens (tertiary/aromatic N) is 3. The van der Waals surface area contributed by atoms with Crippen LogP contribution in [0.15, 0.2) is 58.0 Å². The Morgan fingerprint density at radius 2 is 1.93 bits per heavy atom. The first kappa shape index (κ1) is 19.8. The third-order valence-electron chi connectivity index (χ3n) is 4.65. The molecule has 7 heteroatoms. The maximum atomic E-state index is 13.8. The molecule has 0 N–H and O–H groups in total. The van der Waals surface area contributed by atoms with E-state index in [1.54, 1.807) is 12.3 Å². The molecule has 6 nitrogen and oxygen atoms in total. The number of ether oxygens (including phenoxy) is 1. The van der Waals surface area contributed by atoms with Gasteiger partial charge in [-0.25, -0.2) is 4.39 Å². The van der Waals surface area contributed by atoms with Crippen molar-refractivity contribution < 1.29 is 13.7 Å². The van der Waals surface area contributed by atoms with Gasteiger partial charge in [-0.1, -0.05) is 12.1 Å². The van der Waals surface area contributed by atoms with Gasteiger partial charge in [-0.2, -0.15) is 4.98 Å². The maximum Gasteiger partial charge on any atom is 0.263 e. The van der Waals surface area contributed by atoms with Gasteiger partial charge in [0.1, 0.15) is 17.1 Å². The molecule has 4 aromatic rings. The van der Waals surface area contributed by atoms with E-state index >= 15 is 0 Å². The minimum Gasteiger partial charge on any atom is -0.491 e. The van der Waals surface area contributed by atoms with Crippen LogP contribution in [0.4, 0.5) is 4.39 Å². The van der Waals surface area contributed by atoms with Crippen LogP contribution in [-0.4, -0.2) is 20.8 Å². The molecule has 0 fully saturated rings. The van der Waals surface area contributed by atoms with Gasteiger partial charge < -0.3 is 13.8 Å². The molecule has 0 spiro atoms. The Labute approximate surface area is 172 Å². The molecule has 0 saturated heterocycles. The zero-order valence-corrected chi connectivity index (χ0v) is 17.1. The van der Waals surface area contributed by atoms with Gasteiger partial charge >= 0.3 is 0 Å². The Morgan fingerprint density at radius 1 is 1.17 bits per heavy atom. The summed E-state index contributed by atoms with van der Waals surface area (Å²) in [5.74, 6) is 0.751. The van der Waals surface area contributed by atoms with Crippen molar-refractivity contribution in [1.29, 1.82) is 0 Å². The summed E-state index contributed by atoms with van der Waals surface area (Å²) in [6.07, 6.45) is 2.63. The standard InChI is InChI=1S/C23H22FN3O3/c1-4-11-27-13-19(21(28)18-12-16(24)7-10-20(18)27)23-25-22(26-30-23)15-5-8-17(9-6-15)29-14(2)3/h5-10,12-14H,4,11H2,1-3H3. The number of halogens is 1. The summed E-state index contributed by atoms with van der Waals surface area (Å²) >= 11 is 0. The van der Waals surface area contributed by atoms with Crippen molar-refractivity contribution in [3.05, 3.63) is 64.7 Å². The highest BCUT2D eigenvalue weighted by atomic mass is 19.1. The molecule has 0 atom stereocenters. The van der Waals surface area contributed by atoms with Crippen LogP contribution in [0, 0.1) is 5.82 Å². The van der Waals surface area contributed by atoms with Crippen LogP contribution in [0.2, 0.25) is 0 Å². The van der Waals surface area contributed by atoms with E-state index in [9.17, 15) is 9.18 Å². The van der Waals surface area contributed by atoms with Gasteiger partial charge in [0.15, 0.2) is 0 Å². The second kappa shape index (κ2) is 8.10. The summed E-state index contributed by atoms with van der Waals surface area (Å²) in [6.45, 7) is 6.62. The molecular formula is C23H22FN3O3. The van der Waals surface area contributed by atoms with Crippen molar-refractivity contribution in [2.24, 2.45) is 0 Å². The Balaban J connectivity index is 1.76. The summed E-state index contributed by atoms with van der Waals surface area (Å²) < 4.78 is 26.7. The van der Waals surface area contributed by atoms with Crippen molar-refractivity contribution in [1.82, 2.24) is 14.7 Å². The van der Waals surface area contributed by atoms with E-state index in [-0.39, 0.29) is 28.4 Å². The number of benzene rings is 2. The van der Waals surface area contributed by atoms with Crippen LogP contribution in [0.5, 0.6) is 5.75 Å². The van der Waals surface area contributed by atoms with E-state index in [0.717, 1.165) is 17.7 Å². The Bertz CT molecular complexity index is 1240. The summed E-state index contributed by atoms with van der Waals surface area (Å²) in [5, 5.41) is 4.31. The van der Waals surface area contributed by atoms with Gasteiger partial charge in [-0.15, -0.1) is 0 Å². The van der Waals surface area contributed by atoms with Crippen molar-refractivity contribution in [3.63, 3.8) is 0 Å². The summed E-state index contributed by atoms with van der Waals surface area (Å²) in [4.78, 5) is 17.4. The Hall–Kier alpha value is -3.48. The first-order valence-corrected chi connectivity index (χ1v) is 9.90. The van der Waals surface area contributed by atoms with Crippen molar-refractivity contribution >= 4 is 10.9 Å². The van der Waals surface area contributed by atoms with Gasteiger partial charge in [0.2, 0.25) is 11.3 Å². The second-order valence-electron chi connectivity index (χ2n) is 7.34. The second-order valence-corrected chi connectivity index (χ2v) is 7.34. The fourth-order valence-corrected chi connectivity index (χ4v) is 3.35. The number of fused-ring (bicyclic) bond motifs is 1. The largest absolute Gasteiger partial charge is 0.491 e. The van der Waals surface area contributed by atoms with E-state index in [0.29, 0.717) is 17.9 Å². The predicted octanol–water partition coefficient (Wildman–Crippen LogP) is 5.05. The molecule has 0 radical (unpaired) electrons.